The van der Waals surface area contributed by atoms with E-state index in [1.165, 1.54) is 12.3 Å². The van der Waals surface area contributed by atoms with Crippen molar-refractivity contribution in [1.82, 2.24) is 4.98 Å². The Kier molecular flexibility index (Phi) is 3.93. The Labute approximate surface area is 115 Å². The molecule has 0 aliphatic heterocycles. The van der Waals surface area contributed by atoms with Crippen LogP contribution < -0.4 is 5.32 Å². The molecular formula is C14H14FN3O2. The van der Waals surface area contributed by atoms with Crippen LogP contribution >= 0.6 is 0 Å². The van der Waals surface area contributed by atoms with Crippen molar-refractivity contribution < 1.29 is 9.31 Å². The smallest absolute Gasteiger partial charge is 0.287 e. The summed E-state index contributed by atoms with van der Waals surface area (Å²) < 4.78 is 13.5. The molecule has 0 amide bonds. The summed E-state index contributed by atoms with van der Waals surface area (Å²) in [6, 6.07) is 6.46. The molecule has 1 aromatic carbocycles. The monoisotopic (exact) mass is 275 g/mol. The summed E-state index contributed by atoms with van der Waals surface area (Å²) in [6.07, 6.45) is 1.20. The summed E-state index contributed by atoms with van der Waals surface area (Å²) in [5.74, 6) is 0.345. The van der Waals surface area contributed by atoms with Gasteiger partial charge < -0.3 is 5.32 Å². The van der Waals surface area contributed by atoms with E-state index >= 15 is 0 Å². The second kappa shape index (κ2) is 5.64. The van der Waals surface area contributed by atoms with E-state index in [2.05, 4.69) is 10.3 Å². The minimum Gasteiger partial charge on any atom is -0.366 e. The number of aromatic nitrogens is 1. The predicted octanol–water partition coefficient (Wildman–Crippen LogP) is 3.36. The number of rotatable bonds is 4. The fourth-order valence-electron chi connectivity index (χ4n) is 1.93. The molecule has 104 valence electrons. The molecule has 0 radical (unpaired) electrons. The topological polar surface area (TPSA) is 68.1 Å². The van der Waals surface area contributed by atoms with Crippen LogP contribution in [0.1, 0.15) is 16.7 Å². The van der Waals surface area contributed by atoms with Gasteiger partial charge in [0.25, 0.3) is 5.69 Å². The highest BCUT2D eigenvalue weighted by Crippen LogP contribution is 2.16. The van der Waals surface area contributed by atoms with E-state index < -0.39 is 4.92 Å². The number of hydrogen-bond acceptors (Lipinski definition) is 4. The van der Waals surface area contributed by atoms with Gasteiger partial charge in [0.15, 0.2) is 0 Å². The normalized spacial score (nSPS) is 10.3. The summed E-state index contributed by atoms with van der Waals surface area (Å²) in [7, 11) is 0. The molecule has 0 spiro atoms. The van der Waals surface area contributed by atoms with Crippen molar-refractivity contribution in [2.24, 2.45) is 0 Å². The van der Waals surface area contributed by atoms with Gasteiger partial charge in [0.2, 0.25) is 0 Å². The van der Waals surface area contributed by atoms with Crippen molar-refractivity contribution in [3.63, 3.8) is 0 Å². The zero-order valence-corrected chi connectivity index (χ0v) is 11.2. The number of anilines is 1. The summed E-state index contributed by atoms with van der Waals surface area (Å²) in [5.41, 5.74) is 2.07. The Morgan fingerprint density at radius 3 is 2.45 bits per heavy atom. The number of nitrogens with one attached hydrogen (secondary N) is 1. The molecule has 0 saturated carbocycles. The van der Waals surface area contributed by atoms with E-state index in [4.69, 9.17) is 0 Å². The summed E-state index contributed by atoms with van der Waals surface area (Å²) in [4.78, 5) is 14.0. The molecule has 0 atom stereocenters. The van der Waals surface area contributed by atoms with Crippen LogP contribution in [0, 0.1) is 29.8 Å². The molecule has 0 aliphatic rings. The van der Waals surface area contributed by atoms with Crippen molar-refractivity contribution in [1.29, 1.82) is 0 Å². The second-order valence-electron chi connectivity index (χ2n) is 4.56. The first-order valence-corrected chi connectivity index (χ1v) is 6.07. The van der Waals surface area contributed by atoms with Crippen LogP contribution in [0.2, 0.25) is 0 Å². The number of halogens is 1. The number of benzene rings is 1. The molecule has 2 aromatic rings. The van der Waals surface area contributed by atoms with E-state index in [9.17, 15) is 14.5 Å². The van der Waals surface area contributed by atoms with Crippen molar-refractivity contribution in [3.05, 3.63) is 63.1 Å². The van der Waals surface area contributed by atoms with Gasteiger partial charge in [-0.05, 0) is 36.6 Å². The van der Waals surface area contributed by atoms with E-state index in [-0.39, 0.29) is 11.5 Å². The Balaban J connectivity index is 2.07. The van der Waals surface area contributed by atoms with Gasteiger partial charge in [-0.25, -0.2) is 9.37 Å². The van der Waals surface area contributed by atoms with Gasteiger partial charge in [-0.15, -0.1) is 0 Å². The molecule has 20 heavy (non-hydrogen) atoms. The lowest BCUT2D eigenvalue weighted by Crippen LogP contribution is -2.03. The van der Waals surface area contributed by atoms with Crippen molar-refractivity contribution >= 4 is 11.5 Å². The number of nitro groups is 1. The Hall–Kier alpha value is -2.50. The third kappa shape index (κ3) is 3.09. The maximum Gasteiger partial charge on any atom is 0.287 e. The van der Waals surface area contributed by atoms with Gasteiger partial charge in [0.1, 0.15) is 17.8 Å². The van der Waals surface area contributed by atoms with E-state index in [0.717, 1.165) is 5.56 Å². The summed E-state index contributed by atoms with van der Waals surface area (Å²) in [5, 5.41) is 13.6. The predicted molar refractivity (Wildman–Crippen MR) is 74.1 cm³/mol. The number of pyridine rings is 1. The van der Waals surface area contributed by atoms with E-state index in [0.29, 0.717) is 23.5 Å². The average molecular weight is 275 g/mol. The molecule has 1 heterocycles. The van der Waals surface area contributed by atoms with Gasteiger partial charge in [-0.2, -0.15) is 0 Å². The second-order valence-corrected chi connectivity index (χ2v) is 4.56. The fraction of sp³-hybridized carbons (Fsp3) is 0.214. The van der Waals surface area contributed by atoms with Crippen molar-refractivity contribution in [2.75, 3.05) is 5.32 Å². The molecule has 6 heteroatoms. The molecule has 0 saturated heterocycles. The van der Waals surface area contributed by atoms with E-state index in [1.807, 2.05) is 0 Å². The van der Waals surface area contributed by atoms with Gasteiger partial charge in [0, 0.05) is 12.6 Å². The van der Waals surface area contributed by atoms with Crippen LogP contribution in [0.15, 0.2) is 30.5 Å². The summed E-state index contributed by atoms with van der Waals surface area (Å²) in [6.45, 7) is 3.92. The third-order valence-electron chi connectivity index (χ3n) is 2.93. The Bertz CT molecular complexity index is 618. The van der Waals surface area contributed by atoms with Gasteiger partial charge in [-0.3, -0.25) is 10.1 Å². The molecule has 0 fully saturated rings. The number of aryl methyl sites for hydroxylation is 2. The SMILES string of the molecule is Cc1cc(CNc2ccc([N+](=O)[O-])cn2)cc(C)c1F. The Morgan fingerprint density at radius 1 is 1.30 bits per heavy atom. The van der Waals surface area contributed by atoms with Crippen LogP contribution in [-0.2, 0) is 6.54 Å². The first-order chi connectivity index (χ1) is 9.47. The van der Waals surface area contributed by atoms with Crippen LogP contribution in [0.3, 0.4) is 0 Å². The average Bonchev–Trinajstić information content (AvgIpc) is 2.42. The molecule has 0 aliphatic carbocycles. The fourth-order valence-corrected chi connectivity index (χ4v) is 1.93. The molecule has 5 nitrogen and oxygen atoms in total. The van der Waals surface area contributed by atoms with Crippen molar-refractivity contribution in [3.8, 4) is 0 Å². The zero-order valence-electron chi connectivity index (χ0n) is 11.2. The maximum absolute atomic E-state index is 13.5. The maximum atomic E-state index is 13.5. The number of nitrogens with zero attached hydrogens (tertiary/aromatic N) is 2. The standard InChI is InChI=1S/C14H14FN3O2/c1-9-5-11(6-10(2)14(9)15)7-16-13-4-3-12(8-17-13)18(19)20/h3-6,8H,7H2,1-2H3,(H,16,17). The minimum atomic E-state index is -0.497. The molecule has 0 unspecified atom stereocenters. The molecular weight excluding hydrogens is 261 g/mol. The zero-order chi connectivity index (χ0) is 14.7. The highest BCUT2D eigenvalue weighted by molar-refractivity contribution is 5.41. The lowest BCUT2D eigenvalue weighted by molar-refractivity contribution is -0.385. The molecule has 2 rings (SSSR count). The van der Waals surface area contributed by atoms with Crippen molar-refractivity contribution in [2.45, 2.75) is 20.4 Å². The Morgan fingerprint density at radius 2 is 1.95 bits per heavy atom. The third-order valence-corrected chi connectivity index (χ3v) is 2.93. The molecule has 1 N–H and O–H groups in total. The quantitative estimate of drug-likeness (QED) is 0.686. The van der Waals surface area contributed by atoms with Gasteiger partial charge >= 0.3 is 0 Å². The van der Waals surface area contributed by atoms with Crippen LogP contribution in [-0.4, -0.2) is 9.91 Å². The molecule has 1 aromatic heterocycles. The lowest BCUT2D eigenvalue weighted by Gasteiger charge is -2.08. The highest BCUT2D eigenvalue weighted by atomic mass is 19.1. The van der Waals surface area contributed by atoms with Crippen LogP contribution in [0.25, 0.3) is 0 Å². The highest BCUT2D eigenvalue weighted by Gasteiger charge is 2.06. The first-order valence-electron chi connectivity index (χ1n) is 6.07. The van der Waals surface area contributed by atoms with Crippen LogP contribution in [0.5, 0.6) is 0 Å². The minimum absolute atomic E-state index is 0.0518. The number of hydrogen-bond donors (Lipinski definition) is 1. The van der Waals surface area contributed by atoms with Gasteiger partial charge in [-0.1, -0.05) is 12.1 Å². The summed E-state index contributed by atoms with van der Waals surface area (Å²) >= 11 is 0. The lowest BCUT2D eigenvalue weighted by atomic mass is 10.1. The first kappa shape index (κ1) is 13.9. The van der Waals surface area contributed by atoms with Gasteiger partial charge in [0.05, 0.1) is 4.92 Å². The molecule has 0 bridgehead atoms. The van der Waals surface area contributed by atoms with Crippen LogP contribution in [0.4, 0.5) is 15.9 Å². The largest absolute Gasteiger partial charge is 0.366 e. The van der Waals surface area contributed by atoms with E-state index in [1.54, 1.807) is 32.0 Å².